The van der Waals surface area contributed by atoms with Crippen molar-refractivity contribution in [1.29, 1.82) is 0 Å². The second-order valence-corrected chi connectivity index (χ2v) is 5.79. The molecule has 0 bridgehead atoms. The molecule has 0 aromatic rings. The molecule has 0 rings (SSSR count). The molecule has 0 heterocycles. The molecule has 0 amide bonds. The lowest BCUT2D eigenvalue weighted by atomic mass is 9.90. The third-order valence-electron chi connectivity index (χ3n) is 3.80. The van der Waals surface area contributed by atoms with Gasteiger partial charge in [0.1, 0.15) is 0 Å². The summed E-state index contributed by atoms with van der Waals surface area (Å²) in [5.74, 6) is -0.862. The quantitative estimate of drug-likeness (QED) is 0.494. The largest absolute Gasteiger partial charge is 0.481 e. The smallest absolute Gasteiger partial charge is 0.303 e. The average Bonchev–Trinajstić information content (AvgIpc) is 2.33. The van der Waals surface area contributed by atoms with Gasteiger partial charge in [-0.3, -0.25) is 9.59 Å². The van der Waals surface area contributed by atoms with Crippen LogP contribution in [-0.2, 0) is 9.59 Å². The SMILES string of the molecule is CCCC(CCCCC(CCC)CC(=O)O)CC(=O)O. The molecule has 0 aliphatic heterocycles. The summed E-state index contributed by atoms with van der Waals surface area (Å²) in [7, 11) is 0. The van der Waals surface area contributed by atoms with Crippen molar-refractivity contribution in [3.63, 3.8) is 0 Å². The molecular formula is C16H30O4. The predicted molar refractivity (Wildman–Crippen MR) is 79.8 cm³/mol. The second kappa shape index (κ2) is 11.7. The Kier molecular flexibility index (Phi) is 11.1. The second-order valence-electron chi connectivity index (χ2n) is 5.79. The van der Waals surface area contributed by atoms with E-state index in [0.717, 1.165) is 51.4 Å². The summed E-state index contributed by atoms with van der Waals surface area (Å²) >= 11 is 0. The van der Waals surface area contributed by atoms with Crippen molar-refractivity contribution < 1.29 is 19.8 Å². The molecule has 0 fully saturated rings. The van der Waals surface area contributed by atoms with Crippen LogP contribution in [0.4, 0.5) is 0 Å². The molecule has 2 N–H and O–H groups in total. The van der Waals surface area contributed by atoms with Gasteiger partial charge in [0.15, 0.2) is 0 Å². The summed E-state index contributed by atoms with van der Waals surface area (Å²) in [6.07, 6.45) is 8.45. The molecule has 0 aromatic carbocycles. The van der Waals surface area contributed by atoms with Crippen LogP contribution in [0.25, 0.3) is 0 Å². The standard InChI is InChI=1S/C16H30O4/c1-3-7-13(11-15(17)18)9-5-6-10-14(8-4-2)12-16(19)20/h13-14H,3-12H2,1-2H3,(H,17,18)(H,19,20). The Hall–Kier alpha value is -1.06. The molecule has 0 aliphatic rings. The molecule has 0 saturated carbocycles. The van der Waals surface area contributed by atoms with Gasteiger partial charge in [-0.15, -0.1) is 0 Å². The van der Waals surface area contributed by atoms with E-state index in [2.05, 4.69) is 13.8 Å². The number of hydrogen-bond acceptors (Lipinski definition) is 2. The maximum absolute atomic E-state index is 10.8. The molecule has 0 radical (unpaired) electrons. The normalized spacial score (nSPS) is 13.9. The monoisotopic (exact) mass is 286 g/mol. The van der Waals surface area contributed by atoms with Crippen molar-refractivity contribution in [3.05, 3.63) is 0 Å². The first-order valence-electron chi connectivity index (χ1n) is 7.93. The first kappa shape index (κ1) is 18.9. The van der Waals surface area contributed by atoms with E-state index >= 15 is 0 Å². The molecule has 0 aromatic heterocycles. The summed E-state index contributed by atoms with van der Waals surface area (Å²) in [6, 6.07) is 0. The summed E-state index contributed by atoms with van der Waals surface area (Å²) in [5.41, 5.74) is 0. The van der Waals surface area contributed by atoms with Gasteiger partial charge in [-0.2, -0.15) is 0 Å². The van der Waals surface area contributed by atoms with Crippen molar-refractivity contribution in [3.8, 4) is 0 Å². The summed E-state index contributed by atoms with van der Waals surface area (Å²) < 4.78 is 0. The molecular weight excluding hydrogens is 256 g/mol. The van der Waals surface area contributed by atoms with Gasteiger partial charge < -0.3 is 10.2 Å². The number of carbonyl (C=O) groups is 2. The van der Waals surface area contributed by atoms with Gasteiger partial charge >= 0.3 is 11.9 Å². The topological polar surface area (TPSA) is 74.6 Å². The van der Waals surface area contributed by atoms with Gasteiger partial charge in [0.25, 0.3) is 0 Å². The Morgan fingerprint density at radius 2 is 1.10 bits per heavy atom. The van der Waals surface area contributed by atoms with E-state index in [9.17, 15) is 9.59 Å². The van der Waals surface area contributed by atoms with Crippen LogP contribution in [0.1, 0.15) is 78.1 Å². The van der Waals surface area contributed by atoms with Gasteiger partial charge in [0.2, 0.25) is 0 Å². The highest BCUT2D eigenvalue weighted by Gasteiger charge is 2.14. The Bertz CT molecular complexity index is 248. The molecule has 2 atom stereocenters. The van der Waals surface area contributed by atoms with E-state index in [-0.39, 0.29) is 24.7 Å². The maximum Gasteiger partial charge on any atom is 0.303 e. The van der Waals surface area contributed by atoms with Crippen LogP contribution in [0, 0.1) is 11.8 Å². The Morgan fingerprint density at radius 1 is 0.750 bits per heavy atom. The van der Waals surface area contributed by atoms with Gasteiger partial charge in [-0.25, -0.2) is 0 Å². The van der Waals surface area contributed by atoms with Crippen molar-refractivity contribution in [2.24, 2.45) is 11.8 Å². The van der Waals surface area contributed by atoms with E-state index in [1.807, 2.05) is 0 Å². The van der Waals surface area contributed by atoms with Crippen LogP contribution in [0.15, 0.2) is 0 Å². The predicted octanol–water partition coefficient (Wildman–Crippen LogP) is 4.33. The van der Waals surface area contributed by atoms with E-state index < -0.39 is 11.9 Å². The molecule has 4 nitrogen and oxygen atoms in total. The number of aliphatic carboxylic acids is 2. The lowest BCUT2D eigenvalue weighted by Gasteiger charge is -2.16. The molecule has 118 valence electrons. The summed E-state index contributed by atoms with van der Waals surface area (Å²) in [4.78, 5) is 21.5. The zero-order valence-corrected chi connectivity index (χ0v) is 12.9. The first-order valence-corrected chi connectivity index (χ1v) is 7.93. The van der Waals surface area contributed by atoms with Crippen molar-refractivity contribution in [2.75, 3.05) is 0 Å². The van der Waals surface area contributed by atoms with Gasteiger partial charge in [0.05, 0.1) is 0 Å². The van der Waals surface area contributed by atoms with E-state index in [1.54, 1.807) is 0 Å². The minimum Gasteiger partial charge on any atom is -0.481 e. The van der Waals surface area contributed by atoms with Crippen LogP contribution in [0.5, 0.6) is 0 Å². The number of carboxylic acid groups (broad SMARTS) is 2. The highest BCUT2D eigenvalue weighted by atomic mass is 16.4. The van der Waals surface area contributed by atoms with Gasteiger partial charge in [-0.05, 0) is 24.7 Å². The zero-order chi connectivity index (χ0) is 15.4. The molecule has 0 aliphatic carbocycles. The summed E-state index contributed by atoms with van der Waals surface area (Å²) in [6.45, 7) is 4.16. The number of unbranched alkanes of at least 4 members (excludes halogenated alkanes) is 1. The van der Waals surface area contributed by atoms with Crippen molar-refractivity contribution >= 4 is 11.9 Å². The van der Waals surface area contributed by atoms with Crippen LogP contribution in [0.2, 0.25) is 0 Å². The first-order chi connectivity index (χ1) is 9.49. The van der Waals surface area contributed by atoms with Crippen LogP contribution >= 0.6 is 0 Å². The lowest BCUT2D eigenvalue weighted by molar-refractivity contribution is -0.139. The molecule has 20 heavy (non-hydrogen) atoms. The minimum absolute atomic E-state index is 0.265. The molecule has 2 unspecified atom stereocenters. The Morgan fingerprint density at radius 3 is 1.35 bits per heavy atom. The lowest BCUT2D eigenvalue weighted by Crippen LogP contribution is -2.09. The van der Waals surface area contributed by atoms with E-state index in [0.29, 0.717) is 0 Å². The fraction of sp³-hybridized carbons (Fsp3) is 0.875. The number of carboxylic acids is 2. The zero-order valence-electron chi connectivity index (χ0n) is 12.9. The van der Waals surface area contributed by atoms with Crippen LogP contribution in [-0.4, -0.2) is 22.2 Å². The third-order valence-corrected chi connectivity index (χ3v) is 3.80. The highest BCUT2D eigenvalue weighted by Crippen LogP contribution is 2.23. The van der Waals surface area contributed by atoms with E-state index in [4.69, 9.17) is 10.2 Å². The van der Waals surface area contributed by atoms with Crippen LogP contribution < -0.4 is 0 Å². The summed E-state index contributed by atoms with van der Waals surface area (Å²) in [5, 5.41) is 17.7. The molecule has 0 spiro atoms. The fourth-order valence-corrected chi connectivity index (χ4v) is 2.87. The fourth-order valence-electron chi connectivity index (χ4n) is 2.87. The molecule has 0 saturated heterocycles. The minimum atomic E-state index is -0.710. The Balaban J connectivity index is 3.93. The van der Waals surface area contributed by atoms with Crippen molar-refractivity contribution in [1.82, 2.24) is 0 Å². The Labute approximate surface area is 122 Å². The maximum atomic E-state index is 10.8. The van der Waals surface area contributed by atoms with E-state index in [1.165, 1.54) is 0 Å². The number of hydrogen-bond donors (Lipinski definition) is 2. The van der Waals surface area contributed by atoms with Crippen molar-refractivity contribution in [2.45, 2.75) is 78.1 Å². The molecule has 4 heteroatoms. The third kappa shape index (κ3) is 10.8. The van der Waals surface area contributed by atoms with Gasteiger partial charge in [-0.1, -0.05) is 52.4 Å². The average molecular weight is 286 g/mol. The number of rotatable bonds is 13. The van der Waals surface area contributed by atoms with Gasteiger partial charge in [0, 0.05) is 12.8 Å². The highest BCUT2D eigenvalue weighted by molar-refractivity contribution is 5.67. The van der Waals surface area contributed by atoms with Crippen LogP contribution in [0.3, 0.4) is 0 Å².